The molecule has 0 spiro atoms. The van der Waals surface area contributed by atoms with Gasteiger partial charge in [0.2, 0.25) is 6.29 Å². The van der Waals surface area contributed by atoms with Gasteiger partial charge in [-0.2, -0.15) is 0 Å². The molecular formula is C18H22O8S. The molecule has 0 radical (unpaired) electrons. The molecule has 0 fully saturated rings. The first-order chi connectivity index (χ1) is 12.9. The van der Waals surface area contributed by atoms with Gasteiger partial charge in [-0.1, -0.05) is 0 Å². The van der Waals surface area contributed by atoms with Crippen molar-refractivity contribution in [2.75, 3.05) is 13.7 Å². The van der Waals surface area contributed by atoms with Crippen molar-refractivity contribution in [3.8, 4) is 16.2 Å². The fourth-order valence-electron chi connectivity index (χ4n) is 2.32. The van der Waals surface area contributed by atoms with Gasteiger partial charge in [0.15, 0.2) is 0 Å². The van der Waals surface area contributed by atoms with Crippen molar-refractivity contribution in [2.24, 2.45) is 0 Å². The van der Waals surface area contributed by atoms with Crippen LogP contribution in [0.4, 0.5) is 0 Å². The van der Waals surface area contributed by atoms with E-state index in [0.717, 1.165) is 10.4 Å². The number of benzene rings is 1. The molecule has 0 saturated heterocycles. The Hall–Kier alpha value is -2.01. The summed E-state index contributed by atoms with van der Waals surface area (Å²) in [5.41, 5.74) is 1.27. The molecule has 5 N–H and O–H groups in total. The molecule has 0 saturated carbocycles. The maximum absolute atomic E-state index is 11.5. The van der Waals surface area contributed by atoms with Gasteiger partial charge >= 0.3 is 5.97 Å². The van der Waals surface area contributed by atoms with Crippen molar-refractivity contribution in [2.45, 2.75) is 31.0 Å². The second-order valence-corrected chi connectivity index (χ2v) is 6.70. The minimum absolute atomic E-state index is 0.145. The molecule has 1 aromatic carbocycles. The van der Waals surface area contributed by atoms with Crippen LogP contribution in [0.5, 0.6) is 5.75 Å². The van der Waals surface area contributed by atoms with Crippen molar-refractivity contribution >= 4 is 17.3 Å². The van der Waals surface area contributed by atoms with Crippen LogP contribution in [0.15, 0.2) is 35.7 Å². The van der Waals surface area contributed by atoms with Crippen LogP contribution in [0.3, 0.4) is 0 Å². The van der Waals surface area contributed by atoms with Crippen LogP contribution < -0.4 is 4.74 Å². The first-order valence-electron chi connectivity index (χ1n) is 8.14. The normalized spacial score (nSPS) is 15.6. The zero-order valence-corrected chi connectivity index (χ0v) is 15.4. The lowest BCUT2D eigenvalue weighted by atomic mass is 10.1. The third-order valence-corrected chi connectivity index (χ3v) is 4.86. The SMILES string of the molecule is COC(=O)c1csc(-c2ccc(OC(O)C(O)C(O)C(O)CCO)cc2)c1. The number of rotatable bonds is 9. The molecule has 4 unspecified atom stereocenters. The lowest BCUT2D eigenvalue weighted by Crippen LogP contribution is -2.46. The van der Waals surface area contributed by atoms with Gasteiger partial charge in [0.1, 0.15) is 18.0 Å². The molecule has 0 aliphatic heterocycles. The summed E-state index contributed by atoms with van der Waals surface area (Å²) < 4.78 is 9.84. The summed E-state index contributed by atoms with van der Waals surface area (Å²) >= 11 is 1.37. The Kier molecular flexibility index (Phi) is 7.72. The average Bonchev–Trinajstić information content (AvgIpc) is 3.17. The highest BCUT2D eigenvalue weighted by molar-refractivity contribution is 7.13. The van der Waals surface area contributed by atoms with Crippen LogP contribution in [0, 0.1) is 0 Å². The molecule has 8 nitrogen and oxygen atoms in total. The number of esters is 1. The maximum Gasteiger partial charge on any atom is 0.338 e. The minimum atomic E-state index is -1.77. The molecule has 2 rings (SSSR count). The zero-order chi connectivity index (χ0) is 20.0. The van der Waals surface area contributed by atoms with Gasteiger partial charge < -0.3 is 35.0 Å². The number of hydrogen-bond donors (Lipinski definition) is 5. The van der Waals surface area contributed by atoms with E-state index in [4.69, 9.17) is 9.84 Å². The summed E-state index contributed by atoms with van der Waals surface area (Å²) in [6.45, 7) is -0.371. The summed E-state index contributed by atoms with van der Waals surface area (Å²) in [4.78, 5) is 12.3. The third kappa shape index (κ3) is 5.48. The quantitative estimate of drug-likeness (QED) is 0.302. The van der Waals surface area contributed by atoms with Gasteiger partial charge in [-0.25, -0.2) is 4.79 Å². The number of aliphatic hydroxyl groups excluding tert-OH is 5. The number of thiophene rings is 1. The summed E-state index contributed by atoms with van der Waals surface area (Å²) in [6.07, 6.45) is -6.74. The molecular weight excluding hydrogens is 376 g/mol. The number of ether oxygens (including phenoxy) is 2. The van der Waals surface area contributed by atoms with Crippen LogP contribution in [-0.4, -0.2) is 69.8 Å². The van der Waals surface area contributed by atoms with Gasteiger partial charge in [-0.05, 0) is 42.3 Å². The highest BCUT2D eigenvalue weighted by Crippen LogP contribution is 2.29. The van der Waals surface area contributed by atoms with Gasteiger partial charge in [-0.3, -0.25) is 0 Å². The Morgan fingerprint density at radius 2 is 1.78 bits per heavy atom. The number of methoxy groups -OCH3 is 1. The van der Waals surface area contributed by atoms with Gasteiger partial charge in [0, 0.05) is 16.9 Å². The van der Waals surface area contributed by atoms with E-state index in [1.54, 1.807) is 35.7 Å². The van der Waals surface area contributed by atoms with Gasteiger partial charge in [-0.15, -0.1) is 11.3 Å². The summed E-state index contributed by atoms with van der Waals surface area (Å²) in [5, 5.41) is 49.4. The van der Waals surface area contributed by atoms with Crippen LogP contribution in [0.25, 0.3) is 10.4 Å². The summed E-state index contributed by atoms with van der Waals surface area (Å²) in [6, 6.07) is 8.22. The smallest absolute Gasteiger partial charge is 0.338 e. The second-order valence-electron chi connectivity index (χ2n) is 5.78. The molecule has 0 aliphatic rings. The minimum Gasteiger partial charge on any atom is -0.465 e. The number of hydrogen-bond acceptors (Lipinski definition) is 9. The molecule has 148 valence electrons. The largest absolute Gasteiger partial charge is 0.465 e. The van der Waals surface area contributed by atoms with Crippen molar-refractivity contribution < 1.29 is 39.8 Å². The van der Waals surface area contributed by atoms with Crippen LogP contribution in [0.1, 0.15) is 16.8 Å². The average molecular weight is 398 g/mol. The van der Waals surface area contributed by atoms with Gasteiger partial charge in [0.05, 0.1) is 18.8 Å². The molecule has 9 heteroatoms. The topological polar surface area (TPSA) is 137 Å². The molecule has 4 atom stereocenters. The van der Waals surface area contributed by atoms with Crippen molar-refractivity contribution in [1.29, 1.82) is 0 Å². The molecule has 1 heterocycles. The predicted octanol–water partition coefficient (Wildman–Crippen LogP) is 0.364. The van der Waals surface area contributed by atoms with E-state index in [0.29, 0.717) is 5.56 Å². The molecule has 0 bridgehead atoms. The van der Waals surface area contributed by atoms with E-state index >= 15 is 0 Å². The van der Waals surface area contributed by atoms with E-state index in [-0.39, 0.29) is 18.8 Å². The van der Waals surface area contributed by atoms with Crippen LogP contribution in [0.2, 0.25) is 0 Å². The van der Waals surface area contributed by atoms with Crippen molar-refractivity contribution in [1.82, 2.24) is 0 Å². The standard InChI is InChI=1S/C18H22O8S/c1-25-17(23)11-8-14(27-9-11)10-2-4-12(5-3-10)26-18(24)16(22)15(21)13(20)6-7-19/h2-5,8-9,13,15-16,18-22,24H,6-7H2,1H3. The number of aliphatic hydroxyl groups is 5. The molecule has 2 aromatic rings. The van der Waals surface area contributed by atoms with Gasteiger partial charge in [0.25, 0.3) is 0 Å². The highest BCUT2D eigenvalue weighted by atomic mass is 32.1. The Morgan fingerprint density at radius 1 is 1.11 bits per heavy atom. The maximum atomic E-state index is 11.5. The van der Waals surface area contributed by atoms with E-state index in [9.17, 15) is 25.2 Å². The summed E-state index contributed by atoms with van der Waals surface area (Å²) in [5.74, 6) is -0.185. The number of carbonyl (C=O) groups excluding carboxylic acids is 1. The van der Waals surface area contributed by atoms with E-state index in [2.05, 4.69) is 4.74 Å². The molecule has 27 heavy (non-hydrogen) atoms. The first-order valence-corrected chi connectivity index (χ1v) is 9.02. The Bertz CT molecular complexity index is 729. The van der Waals surface area contributed by atoms with Crippen molar-refractivity contribution in [3.05, 3.63) is 41.3 Å². The fraction of sp³-hybridized carbons (Fsp3) is 0.389. The predicted molar refractivity (Wildman–Crippen MR) is 97.5 cm³/mol. The lowest BCUT2D eigenvalue weighted by Gasteiger charge is -2.26. The molecule has 0 aliphatic carbocycles. The lowest BCUT2D eigenvalue weighted by molar-refractivity contribution is -0.166. The third-order valence-electron chi connectivity index (χ3n) is 3.88. The Morgan fingerprint density at radius 3 is 2.37 bits per heavy atom. The monoisotopic (exact) mass is 398 g/mol. The fourth-order valence-corrected chi connectivity index (χ4v) is 3.20. The number of carbonyl (C=O) groups is 1. The molecule has 0 amide bonds. The first kappa shape index (κ1) is 21.3. The summed E-state index contributed by atoms with van der Waals surface area (Å²) in [7, 11) is 1.31. The molecule has 1 aromatic heterocycles. The van der Waals surface area contributed by atoms with E-state index < -0.39 is 30.6 Å². The van der Waals surface area contributed by atoms with E-state index in [1.807, 2.05) is 0 Å². The van der Waals surface area contributed by atoms with Crippen molar-refractivity contribution in [3.63, 3.8) is 0 Å². The Labute approximate surface area is 159 Å². The van der Waals surface area contributed by atoms with Crippen LogP contribution in [-0.2, 0) is 4.74 Å². The second kappa shape index (κ2) is 9.79. The van der Waals surface area contributed by atoms with E-state index in [1.165, 1.54) is 18.4 Å². The zero-order valence-electron chi connectivity index (χ0n) is 14.6. The van der Waals surface area contributed by atoms with Crippen LogP contribution >= 0.6 is 11.3 Å². The Balaban J connectivity index is 2.00. The highest BCUT2D eigenvalue weighted by Gasteiger charge is 2.31.